The third-order valence-corrected chi connectivity index (χ3v) is 11.5. The molecule has 0 unspecified atom stereocenters. The van der Waals surface area contributed by atoms with E-state index in [1.165, 1.54) is 30.7 Å². The smallest absolute Gasteiger partial charge is 0.127 e. The quantitative estimate of drug-likeness (QED) is 0.112. The van der Waals surface area contributed by atoms with Crippen molar-refractivity contribution in [1.82, 2.24) is 0 Å². The van der Waals surface area contributed by atoms with Gasteiger partial charge < -0.3 is 23.7 Å². The molecule has 5 nitrogen and oxygen atoms in total. The van der Waals surface area contributed by atoms with Gasteiger partial charge in [-0.3, -0.25) is 0 Å². The van der Waals surface area contributed by atoms with Gasteiger partial charge in [-0.1, -0.05) is 59.0 Å². The lowest BCUT2D eigenvalue weighted by Gasteiger charge is -2.26. The molecule has 0 spiro atoms. The standard InChI is InChI=1S/C17H20O2.C14H14O3.2C8H10S2.2CH4/c1-17(2,13-5-9-15(18-3)10-6-13)14-7-11-16(19-4)12-8-14;1-15-11-3-7-13(8-4-11)17-14-9-5-12(16-2)6-10-14;1-9-7-3-5-8(10-2)6-4-7;1-9-7-4-3-5-8(6-7)10-2;;/h5-12H,1-4H3;3-10H,1-2H3;2*3-6H,1-2H3;2*1H4. The van der Waals surface area contributed by atoms with Crippen molar-refractivity contribution < 1.29 is 23.7 Å². The lowest BCUT2D eigenvalue weighted by molar-refractivity contribution is 0.411. The summed E-state index contributed by atoms with van der Waals surface area (Å²) in [5.41, 5.74) is 2.48. The Hall–Kier alpha value is -4.28. The van der Waals surface area contributed by atoms with E-state index in [2.05, 4.69) is 112 Å². The molecule has 0 aliphatic heterocycles. The van der Waals surface area contributed by atoms with E-state index in [0.717, 1.165) is 34.5 Å². The van der Waals surface area contributed by atoms with Crippen molar-refractivity contribution in [2.45, 2.75) is 53.7 Å². The molecule has 0 saturated carbocycles. The zero-order chi connectivity index (χ0) is 40.8. The van der Waals surface area contributed by atoms with E-state index in [0.29, 0.717) is 0 Å². The number of methoxy groups -OCH3 is 4. The van der Waals surface area contributed by atoms with Gasteiger partial charge in [-0.2, -0.15) is 0 Å². The van der Waals surface area contributed by atoms with Gasteiger partial charge >= 0.3 is 0 Å². The summed E-state index contributed by atoms with van der Waals surface area (Å²) in [5, 5.41) is 0. The van der Waals surface area contributed by atoms with Crippen LogP contribution in [-0.2, 0) is 5.41 Å². The first-order valence-electron chi connectivity index (χ1n) is 17.7. The Morgan fingerprint density at radius 3 is 0.862 bits per heavy atom. The van der Waals surface area contributed by atoms with Gasteiger partial charge in [0.1, 0.15) is 34.5 Å². The van der Waals surface area contributed by atoms with Crippen molar-refractivity contribution in [2.75, 3.05) is 53.5 Å². The summed E-state index contributed by atoms with van der Waals surface area (Å²) in [6.07, 6.45) is 8.38. The average molecular weight is 859 g/mol. The lowest BCUT2D eigenvalue weighted by atomic mass is 9.78. The van der Waals surface area contributed by atoms with Gasteiger partial charge in [0.15, 0.2) is 0 Å². The van der Waals surface area contributed by atoms with Crippen molar-refractivity contribution in [2.24, 2.45) is 0 Å². The van der Waals surface area contributed by atoms with E-state index in [-0.39, 0.29) is 20.3 Å². The highest BCUT2D eigenvalue weighted by atomic mass is 32.2. The van der Waals surface area contributed by atoms with E-state index >= 15 is 0 Å². The fraction of sp³-hybridized carbons (Fsp3) is 0.265. The number of hydrogen-bond acceptors (Lipinski definition) is 9. The van der Waals surface area contributed by atoms with Crippen LogP contribution in [0.5, 0.6) is 34.5 Å². The number of ether oxygens (including phenoxy) is 5. The number of hydrogen-bond donors (Lipinski definition) is 0. The Morgan fingerprint density at radius 2 is 0.603 bits per heavy atom. The topological polar surface area (TPSA) is 46.2 Å². The molecule has 0 aliphatic rings. The molecular formula is C49H62O5S4. The van der Waals surface area contributed by atoms with Crippen molar-refractivity contribution >= 4 is 47.0 Å². The minimum absolute atomic E-state index is 0. The minimum Gasteiger partial charge on any atom is -0.497 e. The predicted octanol–water partition coefficient (Wildman–Crippen LogP) is 15.1. The SMILES string of the molecule is C.C.COc1ccc(C(C)(C)c2ccc(OC)cc2)cc1.COc1ccc(Oc2ccc(OC)cc2)cc1.CSc1ccc(SC)cc1.CSc1cccc(SC)c1. The van der Waals surface area contributed by atoms with E-state index in [4.69, 9.17) is 23.7 Å². The van der Waals surface area contributed by atoms with Gasteiger partial charge in [0.25, 0.3) is 0 Å². The summed E-state index contributed by atoms with van der Waals surface area (Å²) in [6, 6.07) is 48.5. The largest absolute Gasteiger partial charge is 0.497 e. The summed E-state index contributed by atoms with van der Waals surface area (Å²) < 4.78 is 26.2. The van der Waals surface area contributed by atoms with Gasteiger partial charge in [-0.05, 0) is 151 Å². The van der Waals surface area contributed by atoms with Gasteiger partial charge in [0.05, 0.1) is 28.4 Å². The van der Waals surface area contributed by atoms with Crippen LogP contribution >= 0.6 is 47.0 Å². The second-order valence-electron chi connectivity index (χ2n) is 12.3. The second-order valence-corrected chi connectivity index (χ2v) is 15.8. The predicted molar refractivity (Wildman–Crippen MR) is 258 cm³/mol. The second kappa shape index (κ2) is 28.2. The maximum absolute atomic E-state index is 5.67. The number of benzene rings is 6. The summed E-state index contributed by atoms with van der Waals surface area (Å²) in [4.78, 5) is 5.34. The van der Waals surface area contributed by atoms with Crippen LogP contribution in [0.1, 0.15) is 39.8 Å². The highest BCUT2D eigenvalue weighted by molar-refractivity contribution is 7.99. The molecule has 9 heteroatoms. The van der Waals surface area contributed by atoms with Crippen LogP contribution in [0.15, 0.2) is 165 Å². The molecule has 0 aliphatic carbocycles. The molecule has 0 amide bonds. The van der Waals surface area contributed by atoms with Crippen LogP contribution in [-0.4, -0.2) is 53.5 Å². The molecular weight excluding hydrogens is 797 g/mol. The van der Waals surface area contributed by atoms with Crippen LogP contribution in [0.3, 0.4) is 0 Å². The maximum atomic E-state index is 5.67. The third-order valence-electron chi connectivity index (χ3n) is 8.55. The highest BCUT2D eigenvalue weighted by Gasteiger charge is 2.23. The summed E-state index contributed by atoms with van der Waals surface area (Å²) in [7, 11) is 6.64. The first-order chi connectivity index (χ1) is 27.1. The lowest BCUT2D eigenvalue weighted by Crippen LogP contribution is -2.18. The van der Waals surface area contributed by atoms with Crippen LogP contribution in [0.2, 0.25) is 0 Å². The minimum atomic E-state index is -0.0431. The summed E-state index contributed by atoms with van der Waals surface area (Å²) in [6.45, 7) is 4.44. The fourth-order valence-electron chi connectivity index (χ4n) is 5.05. The number of rotatable bonds is 12. The molecule has 0 heterocycles. The molecule has 0 atom stereocenters. The van der Waals surface area contributed by atoms with E-state index in [1.54, 1.807) is 75.5 Å². The van der Waals surface area contributed by atoms with E-state index in [9.17, 15) is 0 Å². The van der Waals surface area contributed by atoms with Crippen molar-refractivity contribution in [1.29, 1.82) is 0 Å². The molecule has 6 rings (SSSR count). The average Bonchev–Trinajstić information content (AvgIpc) is 3.27. The van der Waals surface area contributed by atoms with Gasteiger partial charge in [-0.25, -0.2) is 0 Å². The van der Waals surface area contributed by atoms with Crippen molar-refractivity contribution in [3.05, 3.63) is 157 Å². The summed E-state index contributed by atoms with van der Waals surface area (Å²) >= 11 is 7.13. The molecule has 0 radical (unpaired) electrons. The zero-order valence-electron chi connectivity index (χ0n) is 34.0. The summed E-state index contributed by atoms with van der Waals surface area (Å²) in [5.74, 6) is 4.94. The molecule has 312 valence electrons. The fourth-order valence-corrected chi connectivity index (χ4v) is 6.86. The Balaban J connectivity index is 0.000000397. The first kappa shape index (κ1) is 51.7. The maximum Gasteiger partial charge on any atom is 0.127 e. The molecule has 6 aromatic carbocycles. The van der Waals surface area contributed by atoms with E-state index in [1.807, 2.05) is 72.8 Å². The monoisotopic (exact) mass is 858 g/mol. The van der Waals surface area contributed by atoms with Gasteiger partial charge in [0.2, 0.25) is 0 Å². The van der Waals surface area contributed by atoms with Gasteiger partial charge in [-0.15, -0.1) is 47.0 Å². The Labute approximate surface area is 367 Å². The van der Waals surface area contributed by atoms with Crippen LogP contribution in [0.4, 0.5) is 0 Å². The first-order valence-corrected chi connectivity index (χ1v) is 22.6. The van der Waals surface area contributed by atoms with Gasteiger partial charge in [0, 0.05) is 25.0 Å². The normalized spacial score (nSPS) is 9.90. The highest BCUT2D eigenvalue weighted by Crippen LogP contribution is 2.33. The molecule has 0 bridgehead atoms. The molecule has 0 saturated heterocycles. The van der Waals surface area contributed by atoms with Crippen molar-refractivity contribution in [3.63, 3.8) is 0 Å². The molecule has 0 aromatic heterocycles. The zero-order valence-corrected chi connectivity index (χ0v) is 37.3. The number of thioether (sulfide) groups is 4. The van der Waals surface area contributed by atoms with Crippen LogP contribution in [0.25, 0.3) is 0 Å². The molecule has 0 fully saturated rings. The molecule has 0 N–H and O–H groups in total. The van der Waals surface area contributed by atoms with Crippen LogP contribution < -0.4 is 23.7 Å². The third kappa shape index (κ3) is 17.3. The molecule has 6 aromatic rings. The van der Waals surface area contributed by atoms with Crippen LogP contribution in [0, 0.1) is 0 Å². The van der Waals surface area contributed by atoms with E-state index < -0.39 is 0 Å². The Kier molecular flexibility index (Phi) is 25.2. The molecule has 58 heavy (non-hydrogen) atoms. The Morgan fingerprint density at radius 1 is 0.345 bits per heavy atom. The van der Waals surface area contributed by atoms with Crippen molar-refractivity contribution in [3.8, 4) is 34.5 Å². The Bertz CT molecular complexity index is 1810.